The average Bonchev–Trinajstić information content (AvgIpc) is 2.85. The van der Waals surface area contributed by atoms with Crippen LogP contribution < -0.4 is 25.1 Å². The molecule has 7 heteroatoms. The number of nitrogens with one attached hydrogen (secondary N) is 2. The molecule has 0 saturated carbocycles. The molecule has 0 radical (unpaired) electrons. The van der Waals surface area contributed by atoms with Crippen LogP contribution in [0.5, 0.6) is 17.2 Å². The number of carbonyl (C=O) groups is 2. The van der Waals surface area contributed by atoms with Gasteiger partial charge in [0.25, 0.3) is 11.8 Å². The maximum atomic E-state index is 12.4. The summed E-state index contributed by atoms with van der Waals surface area (Å²) in [5.74, 6) is 1.00. The Kier molecular flexibility index (Phi) is 8.27. The summed E-state index contributed by atoms with van der Waals surface area (Å²) in [6.07, 6.45) is 1.63. The summed E-state index contributed by atoms with van der Waals surface area (Å²) in [5, 5.41) is 0. The molecule has 3 aromatic carbocycles. The van der Waals surface area contributed by atoms with E-state index in [9.17, 15) is 9.59 Å². The molecule has 32 heavy (non-hydrogen) atoms. The van der Waals surface area contributed by atoms with Crippen molar-refractivity contribution in [3.8, 4) is 17.2 Å². The van der Waals surface area contributed by atoms with Crippen LogP contribution in [0.1, 0.15) is 20.7 Å². The molecule has 0 saturated heterocycles. The molecule has 3 aromatic rings. The van der Waals surface area contributed by atoms with E-state index in [1.165, 1.54) is 0 Å². The summed E-state index contributed by atoms with van der Waals surface area (Å²) in [6.45, 7) is 4.65. The van der Waals surface area contributed by atoms with Crippen molar-refractivity contribution in [3.05, 3.63) is 103 Å². The number of rotatable bonds is 10. The van der Waals surface area contributed by atoms with Crippen LogP contribution in [0.3, 0.4) is 0 Å². The Labute approximate surface area is 186 Å². The fraction of sp³-hybridized carbons (Fsp3) is 0.120. The third-order valence-electron chi connectivity index (χ3n) is 4.23. The maximum absolute atomic E-state index is 12.4. The Bertz CT molecular complexity index is 1040. The minimum absolute atomic E-state index is 0.323. The van der Waals surface area contributed by atoms with Crippen molar-refractivity contribution in [2.45, 2.75) is 0 Å². The third-order valence-corrected chi connectivity index (χ3v) is 4.23. The first-order valence-electron chi connectivity index (χ1n) is 10.0. The largest absolute Gasteiger partial charge is 0.490 e. The molecule has 0 aliphatic carbocycles. The van der Waals surface area contributed by atoms with Crippen LogP contribution in [-0.2, 0) is 0 Å². The number of hydrogen-bond acceptors (Lipinski definition) is 5. The Morgan fingerprint density at radius 3 is 1.97 bits per heavy atom. The number of para-hydroxylation sites is 1. The molecule has 0 unspecified atom stereocenters. The topological polar surface area (TPSA) is 85.9 Å². The third kappa shape index (κ3) is 6.91. The van der Waals surface area contributed by atoms with Crippen molar-refractivity contribution in [1.29, 1.82) is 0 Å². The van der Waals surface area contributed by atoms with Crippen LogP contribution in [0.4, 0.5) is 0 Å². The van der Waals surface area contributed by atoms with Crippen LogP contribution in [0, 0.1) is 0 Å². The second-order valence-corrected chi connectivity index (χ2v) is 6.57. The van der Waals surface area contributed by atoms with Gasteiger partial charge in [-0.05, 0) is 54.6 Å². The van der Waals surface area contributed by atoms with E-state index >= 15 is 0 Å². The van der Waals surface area contributed by atoms with Gasteiger partial charge in [0.15, 0.2) is 0 Å². The highest BCUT2D eigenvalue weighted by molar-refractivity contribution is 5.99. The van der Waals surface area contributed by atoms with E-state index in [2.05, 4.69) is 17.4 Å². The number of amides is 2. The summed E-state index contributed by atoms with van der Waals surface area (Å²) in [4.78, 5) is 24.6. The lowest BCUT2D eigenvalue weighted by molar-refractivity contribution is 0.0846. The average molecular weight is 432 g/mol. The fourth-order valence-electron chi connectivity index (χ4n) is 2.68. The highest BCUT2D eigenvalue weighted by Crippen LogP contribution is 2.14. The Morgan fingerprint density at radius 2 is 1.28 bits per heavy atom. The molecule has 0 spiro atoms. The van der Waals surface area contributed by atoms with Crippen LogP contribution in [-0.4, -0.2) is 31.6 Å². The summed E-state index contributed by atoms with van der Waals surface area (Å²) in [7, 11) is 0. The SMILES string of the molecule is C=CCOc1ccc(C(=O)NNC(=O)c2cccc(OCCOc3ccccc3)c2)cc1. The molecule has 2 N–H and O–H groups in total. The quantitative estimate of drug-likeness (QED) is 0.289. The van der Waals surface area contributed by atoms with E-state index in [1.54, 1.807) is 54.6 Å². The predicted molar refractivity (Wildman–Crippen MR) is 121 cm³/mol. The monoisotopic (exact) mass is 432 g/mol. The summed E-state index contributed by atoms with van der Waals surface area (Å²) in [5.41, 5.74) is 5.52. The van der Waals surface area contributed by atoms with Gasteiger partial charge in [0.1, 0.15) is 37.1 Å². The molecule has 164 valence electrons. The summed E-state index contributed by atoms with van der Waals surface area (Å²) >= 11 is 0. The second kappa shape index (κ2) is 11.8. The molecule has 0 fully saturated rings. The Morgan fingerprint density at radius 1 is 0.688 bits per heavy atom. The number of carbonyl (C=O) groups excluding carboxylic acids is 2. The predicted octanol–water partition coefficient (Wildman–Crippen LogP) is 3.78. The molecule has 0 heterocycles. The Hall–Kier alpha value is -4.26. The van der Waals surface area contributed by atoms with Gasteiger partial charge in [-0.2, -0.15) is 0 Å². The van der Waals surface area contributed by atoms with Gasteiger partial charge in [-0.1, -0.05) is 36.9 Å². The van der Waals surface area contributed by atoms with Gasteiger partial charge < -0.3 is 14.2 Å². The van der Waals surface area contributed by atoms with Crippen molar-refractivity contribution >= 4 is 11.8 Å². The normalized spacial score (nSPS) is 10.0. The summed E-state index contributed by atoms with van der Waals surface area (Å²) < 4.78 is 16.6. The first kappa shape index (κ1) is 22.4. The standard InChI is InChI=1S/C25H24N2O5/c1-2-15-30-22-13-11-19(12-14-22)24(28)26-27-25(29)20-7-6-10-23(18-20)32-17-16-31-21-8-4-3-5-9-21/h2-14,18H,1,15-17H2,(H,26,28)(H,27,29). The van der Waals surface area contributed by atoms with Gasteiger partial charge >= 0.3 is 0 Å². The van der Waals surface area contributed by atoms with Crippen LogP contribution in [0.2, 0.25) is 0 Å². The van der Waals surface area contributed by atoms with Gasteiger partial charge in [-0.25, -0.2) is 0 Å². The fourth-order valence-corrected chi connectivity index (χ4v) is 2.68. The van der Waals surface area contributed by atoms with Crippen LogP contribution >= 0.6 is 0 Å². The molecule has 2 amide bonds. The minimum atomic E-state index is -0.463. The lowest BCUT2D eigenvalue weighted by Crippen LogP contribution is -2.41. The molecular formula is C25H24N2O5. The summed E-state index contributed by atoms with van der Waals surface area (Å²) in [6, 6.07) is 22.6. The first-order valence-corrected chi connectivity index (χ1v) is 10.0. The molecule has 3 rings (SSSR count). The number of hydrogen-bond donors (Lipinski definition) is 2. The molecule has 0 atom stereocenters. The molecule has 0 aliphatic rings. The van der Waals surface area contributed by atoms with E-state index in [1.807, 2.05) is 30.3 Å². The van der Waals surface area contributed by atoms with Crippen molar-refractivity contribution in [2.24, 2.45) is 0 Å². The van der Waals surface area contributed by atoms with E-state index in [0.717, 1.165) is 5.75 Å². The smallest absolute Gasteiger partial charge is 0.269 e. The van der Waals surface area contributed by atoms with Gasteiger partial charge in [0.2, 0.25) is 0 Å². The van der Waals surface area contributed by atoms with Crippen molar-refractivity contribution in [1.82, 2.24) is 10.9 Å². The highest BCUT2D eigenvalue weighted by Gasteiger charge is 2.10. The number of ether oxygens (including phenoxy) is 3. The van der Waals surface area contributed by atoms with Crippen LogP contribution in [0.25, 0.3) is 0 Å². The van der Waals surface area contributed by atoms with E-state index in [-0.39, 0.29) is 0 Å². The van der Waals surface area contributed by atoms with Crippen molar-refractivity contribution in [2.75, 3.05) is 19.8 Å². The van der Waals surface area contributed by atoms with Gasteiger partial charge in [0.05, 0.1) is 0 Å². The van der Waals surface area contributed by atoms with E-state index in [4.69, 9.17) is 14.2 Å². The number of benzene rings is 3. The van der Waals surface area contributed by atoms with E-state index in [0.29, 0.717) is 42.4 Å². The van der Waals surface area contributed by atoms with Crippen molar-refractivity contribution in [3.63, 3.8) is 0 Å². The molecular weight excluding hydrogens is 408 g/mol. The molecule has 0 aromatic heterocycles. The molecule has 0 aliphatic heterocycles. The maximum Gasteiger partial charge on any atom is 0.269 e. The zero-order valence-electron chi connectivity index (χ0n) is 17.5. The number of hydrazine groups is 1. The van der Waals surface area contributed by atoms with Crippen molar-refractivity contribution < 1.29 is 23.8 Å². The van der Waals surface area contributed by atoms with Gasteiger partial charge in [0, 0.05) is 11.1 Å². The zero-order valence-corrected chi connectivity index (χ0v) is 17.5. The van der Waals surface area contributed by atoms with Crippen LogP contribution in [0.15, 0.2) is 91.5 Å². The highest BCUT2D eigenvalue weighted by atomic mass is 16.5. The molecule has 0 bridgehead atoms. The zero-order chi connectivity index (χ0) is 22.6. The minimum Gasteiger partial charge on any atom is -0.490 e. The van der Waals surface area contributed by atoms with E-state index < -0.39 is 11.8 Å². The van der Waals surface area contributed by atoms with Gasteiger partial charge in [-0.15, -0.1) is 0 Å². The molecule has 7 nitrogen and oxygen atoms in total. The lowest BCUT2D eigenvalue weighted by Gasteiger charge is -2.11. The Balaban J connectivity index is 1.45. The lowest BCUT2D eigenvalue weighted by atomic mass is 10.2. The first-order chi connectivity index (χ1) is 15.7. The van der Waals surface area contributed by atoms with Gasteiger partial charge in [-0.3, -0.25) is 20.4 Å². The second-order valence-electron chi connectivity index (χ2n) is 6.57.